The van der Waals surface area contributed by atoms with E-state index in [0.717, 1.165) is 51.6 Å². The molecule has 7 heteroatoms. The first-order chi connectivity index (χ1) is 11.5. The Hall–Kier alpha value is -0.120. The van der Waals surface area contributed by atoms with Crippen LogP contribution in [0, 0.1) is 5.41 Å². The van der Waals surface area contributed by atoms with E-state index in [2.05, 4.69) is 37.9 Å². The molecule has 0 aromatic carbocycles. The highest BCUT2D eigenvalue weighted by Crippen LogP contribution is 2.23. The molecular formula is C18H36IN3O3. The molecule has 2 fully saturated rings. The summed E-state index contributed by atoms with van der Waals surface area (Å²) >= 11 is 0. The molecule has 2 aliphatic heterocycles. The number of halogens is 1. The number of guanidine groups is 1. The Balaban J connectivity index is 0.00000312. The van der Waals surface area contributed by atoms with Crippen molar-refractivity contribution in [3.05, 3.63) is 0 Å². The zero-order valence-electron chi connectivity index (χ0n) is 16.4. The minimum Gasteiger partial charge on any atom is -0.379 e. The van der Waals surface area contributed by atoms with E-state index in [4.69, 9.17) is 19.2 Å². The Labute approximate surface area is 170 Å². The molecule has 0 aromatic heterocycles. The zero-order chi connectivity index (χ0) is 17.6. The Morgan fingerprint density at radius 3 is 2.56 bits per heavy atom. The van der Waals surface area contributed by atoms with Crippen molar-refractivity contribution < 1.29 is 14.2 Å². The van der Waals surface area contributed by atoms with Gasteiger partial charge in [-0.05, 0) is 25.2 Å². The van der Waals surface area contributed by atoms with Crippen LogP contribution in [0.5, 0.6) is 0 Å². The number of aliphatic imine (C=N–C) groups is 1. The third kappa shape index (κ3) is 6.84. The second-order valence-electron chi connectivity index (χ2n) is 7.69. The lowest BCUT2D eigenvalue weighted by Crippen LogP contribution is -2.53. The maximum absolute atomic E-state index is 5.95. The van der Waals surface area contributed by atoms with Crippen molar-refractivity contribution >= 4 is 29.9 Å². The van der Waals surface area contributed by atoms with Gasteiger partial charge in [0.1, 0.15) is 6.10 Å². The molecule has 0 bridgehead atoms. The Morgan fingerprint density at radius 2 is 2.00 bits per heavy atom. The van der Waals surface area contributed by atoms with Crippen LogP contribution in [0.25, 0.3) is 0 Å². The molecule has 6 nitrogen and oxygen atoms in total. The molecule has 0 radical (unpaired) electrons. The Bertz CT molecular complexity index is 409. The van der Waals surface area contributed by atoms with Gasteiger partial charge in [0, 0.05) is 33.4 Å². The fourth-order valence-corrected chi connectivity index (χ4v) is 3.29. The first-order valence-electron chi connectivity index (χ1n) is 9.25. The van der Waals surface area contributed by atoms with E-state index in [0.29, 0.717) is 6.54 Å². The highest BCUT2D eigenvalue weighted by atomic mass is 127. The topological polar surface area (TPSA) is 55.3 Å². The molecule has 0 amide bonds. The first kappa shape index (κ1) is 22.9. The lowest BCUT2D eigenvalue weighted by Gasteiger charge is -2.37. The average Bonchev–Trinajstić information content (AvgIpc) is 3.08. The molecule has 3 atom stereocenters. The van der Waals surface area contributed by atoms with Gasteiger partial charge in [0.25, 0.3) is 0 Å². The van der Waals surface area contributed by atoms with E-state index in [-0.39, 0.29) is 47.7 Å². The molecule has 1 N–H and O–H groups in total. The van der Waals surface area contributed by atoms with Gasteiger partial charge in [-0.15, -0.1) is 24.0 Å². The molecule has 0 aliphatic carbocycles. The summed E-state index contributed by atoms with van der Waals surface area (Å²) in [6, 6.07) is 0. The van der Waals surface area contributed by atoms with Gasteiger partial charge < -0.3 is 24.4 Å². The minimum absolute atomic E-state index is 0. The molecule has 2 heterocycles. The quantitative estimate of drug-likeness (QED) is 0.381. The minimum atomic E-state index is 0. The summed E-state index contributed by atoms with van der Waals surface area (Å²) in [4.78, 5) is 7.15. The zero-order valence-corrected chi connectivity index (χ0v) is 18.7. The molecule has 148 valence electrons. The van der Waals surface area contributed by atoms with Crippen LogP contribution in [-0.4, -0.2) is 75.7 Å². The lowest BCUT2D eigenvalue weighted by molar-refractivity contribution is -0.0817. The number of hydrogen-bond donors (Lipinski definition) is 1. The highest BCUT2D eigenvalue weighted by Gasteiger charge is 2.32. The summed E-state index contributed by atoms with van der Waals surface area (Å²) in [7, 11) is 1.76. The summed E-state index contributed by atoms with van der Waals surface area (Å²) in [5, 5.41) is 3.42. The third-order valence-electron chi connectivity index (χ3n) is 4.76. The van der Waals surface area contributed by atoms with Gasteiger partial charge in [-0.2, -0.15) is 0 Å². The number of methoxy groups -OCH3 is 1. The predicted octanol–water partition coefficient (Wildman–Crippen LogP) is 2.51. The van der Waals surface area contributed by atoms with Crippen molar-refractivity contribution in [2.75, 3.05) is 46.5 Å². The van der Waals surface area contributed by atoms with Crippen LogP contribution in [0.15, 0.2) is 4.99 Å². The molecule has 0 saturated carbocycles. The molecule has 2 saturated heterocycles. The molecule has 2 aliphatic rings. The summed E-state index contributed by atoms with van der Waals surface area (Å²) in [6.45, 7) is 13.5. The van der Waals surface area contributed by atoms with Crippen LogP contribution in [0.4, 0.5) is 0 Å². The number of nitrogens with zero attached hydrogens (tertiary/aromatic N) is 2. The normalized spacial score (nSPS) is 26.3. The van der Waals surface area contributed by atoms with E-state index in [1.165, 1.54) is 0 Å². The molecule has 3 unspecified atom stereocenters. The van der Waals surface area contributed by atoms with E-state index in [1.54, 1.807) is 7.11 Å². The van der Waals surface area contributed by atoms with Crippen molar-refractivity contribution in [3.63, 3.8) is 0 Å². The number of rotatable bonds is 5. The van der Waals surface area contributed by atoms with Gasteiger partial charge in [0.15, 0.2) is 5.96 Å². The molecular weight excluding hydrogens is 433 g/mol. The van der Waals surface area contributed by atoms with E-state index in [1.807, 2.05) is 0 Å². The second-order valence-corrected chi connectivity index (χ2v) is 7.69. The molecule has 25 heavy (non-hydrogen) atoms. The summed E-state index contributed by atoms with van der Waals surface area (Å²) in [5.74, 6) is 0.954. The fourth-order valence-electron chi connectivity index (χ4n) is 3.29. The number of morpholine rings is 1. The summed E-state index contributed by atoms with van der Waals surface area (Å²) in [6.07, 6.45) is 2.71. The van der Waals surface area contributed by atoms with Gasteiger partial charge in [-0.1, -0.05) is 20.8 Å². The lowest BCUT2D eigenvalue weighted by atomic mass is 9.89. The van der Waals surface area contributed by atoms with Gasteiger partial charge in [0.2, 0.25) is 0 Å². The Kier molecular flexibility index (Phi) is 9.98. The van der Waals surface area contributed by atoms with E-state index >= 15 is 0 Å². The van der Waals surface area contributed by atoms with Gasteiger partial charge in [-0.25, -0.2) is 0 Å². The predicted molar refractivity (Wildman–Crippen MR) is 112 cm³/mol. The maximum atomic E-state index is 5.95. The highest BCUT2D eigenvalue weighted by molar-refractivity contribution is 14.0. The third-order valence-corrected chi connectivity index (χ3v) is 4.76. The van der Waals surface area contributed by atoms with Crippen LogP contribution >= 0.6 is 24.0 Å². The smallest absolute Gasteiger partial charge is 0.194 e. The van der Waals surface area contributed by atoms with E-state index < -0.39 is 0 Å². The number of ether oxygens (including phenoxy) is 3. The van der Waals surface area contributed by atoms with Gasteiger partial charge in [0.05, 0.1) is 25.4 Å². The van der Waals surface area contributed by atoms with Gasteiger partial charge >= 0.3 is 0 Å². The Morgan fingerprint density at radius 1 is 1.28 bits per heavy atom. The fraction of sp³-hybridized carbons (Fsp3) is 0.944. The average molecular weight is 469 g/mol. The number of hydrogen-bond acceptors (Lipinski definition) is 4. The van der Waals surface area contributed by atoms with Crippen molar-refractivity contribution in [2.45, 2.75) is 58.8 Å². The van der Waals surface area contributed by atoms with Crippen molar-refractivity contribution in [1.29, 1.82) is 0 Å². The molecule has 2 rings (SSSR count). The SMILES string of the molecule is CCNC(=NCC(OC)C(C)(C)C)N1CCOC(C2CCCO2)C1.I. The van der Waals surface area contributed by atoms with Crippen LogP contribution < -0.4 is 5.32 Å². The first-order valence-corrected chi connectivity index (χ1v) is 9.25. The number of nitrogens with one attached hydrogen (secondary N) is 1. The van der Waals surface area contributed by atoms with E-state index in [9.17, 15) is 0 Å². The summed E-state index contributed by atoms with van der Waals surface area (Å²) in [5.41, 5.74) is 0.0702. The van der Waals surface area contributed by atoms with Crippen molar-refractivity contribution in [3.8, 4) is 0 Å². The van der Waals surface area contributed by atoms with Crippen LogP contribution in [0.3, 0.4) is 0 Å². The van der Waals surface area contributed by atoms with Crippen molar-refractivity contribution in [2.24, 2.45) is 10.4 Å². The van der Waals surface area contributed by atoms with Gasteiger partial charge in [-0.3, -0.25) is 4.99 Å². The maximum Gasteiger partial charge on any atom is 0.194 e. The molecule has 0 aromatic rings. The van der Waals surface area contributed by atoms with Crippen LogP contribution in [0.1, 0.15) is 40.5 Å². The second kappa shape index (κ2) is 10.9. The van der Waals surface area contributed by atoms with Crippen LogP contribution in [0.2, 0.25) is 0 Å². The molecule has 0 spiro atoms. The van der Waals surface area contributed by atoms with Crippen LogP contribution in [-0.2, 0) is 14.2 Å². The largest absolute Gasteiger partial charge is 0.379 e. The summed E-state index contributed by atoms with van der Waals surface area (Å²) < 4.78 is 17.4. The standard InChI is InChI=1S/C18H35N3O3.HI/c1-6-19-17(20-12-16(22-5)18(2,3)4)21-9-11-24-15(13-21)14-8-7-10-23-14;/h14-16H,6-13H2,1-5H3,(H,19,20);1H. The monoisotopic (exact) mass is 469 g/mol. The van der Waals surface area contributed by atoms with Crippen molar-refractivity contribution in [1.82, 2.24) is 10.2 Å².